The molecule has 0 amide bonds. The normalized spacial score (nSPS) is 14.4. The Morgan fingerprint density at radius 2 is 1.48 bits per heavy atom. The van der Waals surface area contributed by atoms with Gasteiger partial charge in [0.25, 0.3) is 0 Å². The number of ketones is 1. The van der Waals surface area contributed by atoms with Crippen LogP contribution in [0.15, 0.2) is 58.9 Å². The summed E-state index contributed by atoms with van der Waals surface area (Å²) in [5.74, 6) is -0.294. The Labute approximate surface area is 158 Å². The molecule has 1 heterocycles. The van der Waals surface area contributed by atoms with E-state index >= 15 is 0 Å². The number of anilines is 1. The molecule has 0 N–H and O–H groups in total. The van der Waals surface area contributed by atoms with E-state index in [0.29, 0.717) is 11.3 Å². The van der Waals surface area contributed by atoms with Crippen molar-refractivity contribution >= 4 is 23.1 Å². The number of esters is 1. The Morgan fingerprint density at radius 1 is 0.889 bits per heavy atom. The number of rotatable bonds is 5. The van der Waals surface area contributed by atoms with Crippen molar-refractivity contribution < 1.29 is 14.3 Å². The predicted molar refractivity (Wildman–Crippen MR) is 103 cm³/mol. The lowest BCUT2D eigenvalue weighted by Gasteiger charge is -2.33. The second-order valence-electron chi connectivity index (χ2n) is 6.27. The predicted octanol–water partition coefficient (Wildman–Crippen LogP) is 3.50. The van der Waals surface area contributed by atoms with Crippen molar-refractivity contribution in [3.05, 3.63) is 59.7 Å². The van der Waals surface area contributed by atoms with Crippen LogP contribution in [0.1, 0.15) is 27.6 Å². The summed E-state index contributed by atoms with van der Waals surface area (Å²) in [6.45, 7) is 4.76. The fraction of sp³-hybridized carbons (Fsp3) is 0.300. The number of methoxy groups -OCH3 is 1. The maximum absolute atomic E-state index is 11.4. The number of hydrogen-bond donors (Lipinski definition) is 0. The second kappa shape index (κ2) is 8.44. The first-order valence-corrected chi connectivity index (χ1v) is 8.78. The maximum atomic E-state index is 11.4. The molecule has 1 aliphatic heterocycles. The van der Waals surface area contributed by atoms with E-state index in [1.807, 2.05) is 29.3 Å². The van der Waals surface area contributed by atoms with Gasteiger partial charge in [0.15, 0.2) is 5.78 Å². The van der Waals surface area contributed by atoms with Crippen molar-refractivity contribution in [2.24, 2.45) is 10.3 Å². The van der Waals surface area contributed by atoms with Crippen molar-refractivity contribution in [3.63, 3.8) is 0 Å². The van der Waals surface area contributed by atoms with Crippen molar-refractivity contribution in [2.45, 2.75) is 6.92 Å². The van der Waals surface area contributed by atoms with Gasteiger partial charge in [-0.3, -0.25) is 9.80 Å². The van der Waals surface area contributed by atoms with E-state index in [2.05, 4.69) is 20.0 Å². The summed E-state index contributed by atoms with van der Waals surface area (Å²) in [5.41, 5.74) is 3.00. The van der Waals surface area contributed by atoms with Gasteiger partial charge in [-0.2, -0.15) is 0 Å². The van der Waals surface area contributed by atoms with E-state index in [1.54, 1.807) is 31.2 Å². The Kier molecular flexibility index (Phi) is 5.80. The van der Waals surface area contributed by atoms with E-state index in [-0.39, 0.29) is 11.8 Å². The van der Waals surface area contributed by atoms with E-state index in [9.17, 15) is 9.59 Å². The largest absolute Gasteiger partial charge is 0.465 e. The van der Waals surface area contributed by atoms with Gasteiger partial charge in [-0.1, -0.05) is 5.22 Å². The number of benzene rings is 2. The molecule has 3 rings (SSSR count). The lowest BCUT2D eigenvalue weighted by molar-refractivity contribution is 0.0600. The van der Waals surface area contributed by atoms with Crippen LogP contribution in [0.25, 0.3) is 0 Å². The average Bonchev–Trinajstić information content (AvgIpc) is 2.72. The van der Waals surface area contributed by atoms with Crippen LogP contribution >= 0.6 is 0 Å². The molecule has 7 heteroatoms. The highest BCUT2D eigenvalue weighted by Crippen LogP contribution is 2.19. The van der Waals surface area contributed by atoms with Gasteiger partial charge in [0.05, 0.1) is 31.5 Å². The molecule has 0 atom stereocenters. The minimum atomic E-state index is -0.369. The summed E-state index contributed by atoms with van der Waals surface area (Å²) in [7, 11) is 1.35. The van der Waals surface area contributed by atoms with Crippen molar-refractivity contribution in [1.82, 2.24) is 5.01 Å². The standard InChI is InChI=1S/C20H22N4O3/c1-15(25)16-5-9-19(10-6-16)23-11-13-24(14-12-23)22-21-18-7-3-17(4-8-18)20(26)27-2/h3-10H,11-14H2,1-2H3/b22-21+. The van der Waals surface area contributed by atoms with Crippen LogP contribution in [0.2, 0.25) is 0 Å². The zero-order chi connectivity index (χ0) is 19.2. The van der Waals surface area contributed by atoms with Crippen molar-refractivity contribution in [1.29, 1.82) is 0 Å². The first-order valence-electron chi connectivity index (χ1n) is 8.78. The highest BCUT2D eigenvalue weighted by Gasteiger charge is 2.16. The molecule has 2 aromatic rings. The lowest BCUT2D eigenvalue weighted by Crippen LogP contribution is -2.43. The van der Waals surface area contributed by atoms with Crippen LogP contribution < -0.4 is 4.90 Å². The quantitative estimate of drug-likeness (QED) is 0.460. The summed E-state index contributed by atoms with van der Waals surface area (Å²) >= 11 is 0. The SMILES string of the molecule is COC(=O)c1ccc(/N=N/N2CCN(c3ccc(C(C)=O)cc3)CC2)cc1. The first-order chi connectivity index (χ1) is 13.1. The minimum Gasteiger partial charge on any atom is -0.465 e. The zero-order valence-electron chi connectivity index (χ0n) is 15.5. The number of ether oxygens (including phenoxy) is 1. The van der Waals surface area contributed by atoms with Crippen LogP contribution in [0.5, 0.6) is 0 Å². The van der Waals surface area contributed by atoms with Gasteiger partial charge in [-0.05, 0) is 55.5 Å². The molecule has 27 heavy (non-hydrogen) atoms. The Balaban J connectivity index is 1.53. The fourth-order valence-electron chi connectivity index (χ4n) is 2.85. The van der Waals surface area contributed by atoms with Crippen LogP contribution in [0, 0.1) is 0 Å². The third-order valence-corrected chi connectivity index (χ3v) is 4.47. The molecule has 0 saturated carbocycles. The molecular weight excluding hydrogens is 344 g/mol. The molecule has 0 spiro atoms. The molecule has 0 unspecified atom stereocenters. The van der Waals surface area contributed by atoms with Crippen LogP contribution in [-0.2, 0) is 4.74 Å². The smallest absolute Gasteiger partial charge is 0.337 e. The van der Waals surface area contributed by atoms with Gasteiger partial charge in [0.1, 0.15) is 0 Å². The van der Waals surface area contributed by atoms with Gasteiger partial charge in [-0.15, -0.1) is 5.11 Å². The summed E-state index contributed by atoms with van der Waals surface area (Å²) in [6, 6.07) is 14.5. The molecule has 140 valence electrons. The molecule has 0 radical (unpaired) electrons. The highest BCUT2D eigenvalue weighted by molar-refractivity contribution is 5.94. The lowest BCUT2D eigenvalue weighted by atomic mass is 10.1. The molecular formula is C20H22N4O3. The third kappa shape index (κ3) is 4.69. The van der Waals surface area contributed by atoms with Gasteiger partial charge in [0, 0.05) is 24.3 Å². The molecule has 1 saturated heterocycles. The van der Waals surface area contributed by atoms with E-state index < -0.39 is 0 Å². The summed E-state index contributed by atoms with van der Waals surface area (Å²) in [6.07, 6.45) is 0. The second-order valence-corrected chi connectivity index (χ2v) is 6.27. The van der Waals surface area contributed by atoms with Crippen molar-refractivity contribution in [3.8, 4) is 0 Å². The summed E-state index contributed by atoms with van der Waals surface area (Å²) < 4.78 is 4.67. The molecule has 1 fully saturated rings. The van der Waals surface area contributed by atoms with Crippen LogP contribution in [0.3, 0.4) is 0 Å². The van der Waals surface area contributed by atoms with E-state index in [1.165, 1.54) is 7.11 Å². The third-order valence-electron chi connectivity index (χ3n) is 4.47. The van der Waals surface area contributed by atoms with E-state index in [0.717, 1.165) is 37.4 Å². The number of carbonyl (C=O) groups excluding carboxylic acids is 2. The Morgan fingerprint density at radius 3 is 2.04 bits per heavy atom. The average molecular weight is 366 g/mol. The molecule has 0 bridgehead atoms. The maximum Gasteiger partial charge on any atom is 0.337 e. The molecule has 2 aromatic carbocycles. The zero-order valence-corrected chi connectivity index (χ0v) is 15.5. The number of carbonyl (C=O) groups is 2. The van der Waals surface area contributed by atoms with Gasteiger partial charge >= 0.3 is 5.97 Å². The topological polar surface area (TPSA) is 74.6 Å². The highest BCUT2D eigenvalue weighted by atomic mass is 16.5. The first kappa shape index (κ1) is 18.6. The fourth-order valence-corrected chi connectivity index (χ4v) is 2.85. The number of nitrogens with zero attached hydrogens (tertiary/aromatic N) is 4. The summed E-state index contributed by atoms with van der Waals surface area (Å²) in [5, 5.41) is 10.4. The monoisotopic (exact) mass is 366 g/mol. The number of Topliss-reactive ketones (excluding diaryl/α,β-unsaturated/α-hetero) is 1. The molecule has 7 nitrogen and oxygen atoms in total. The van der Waals surface area contributed by atoms with Gasteiger partial charge in [0.2, 0.25) is 0 Å². The Bertz CT molecular complexity index is 823. The molecule has 1 aliphatic rings. The van der Waals surface area contributed by atoms with Crippen LogP contribution in [-0.4, -0.2) is 50.1 Å². The number of hydrogen-bond acceptors (Lipinski definition) is 6. The van der Waals surface area contributed by atoms with Gasteiger partial charge in [-0.25, -0.2) is 4.79 Å². The molecule has 0 aliphatic carbocycles. The van der Waals surface area contributed by atoms with Crippen LogP contribution in [0.4, 0.5) is 11.4 Å². The summed E-state index contributed by atoms with van der Waals surface area (Å²) in [4.78, 5) is 25.1. The Hall–Kier alpha value is -3.22. The number of piperazine rings is 1. The molecule has 0 aromatic heterocycles. The van der Waals surface area contributed by atoms with Crippen molar-refractivity contribution in [2.75, 3.05) is 38.2 Å². The van der Waals surface area contributed by atoms with Gasteiger partial charge < -0.3 is 9.64 Å². The van der Waals surface area contributed by atoms with E-state index in [4.69, 9.17) is 0 Å². The minimum absolute atomic E-state index is 0.0754.